The highest BCUT2D eigenvalue weighted by Gasteiger charge is 2.11. The van der Waals surface area contributed by atoms with Crippen molar-refractivity contribution >= 4 is 0 Å². The van der Waals surface area contributed by atoms with Crippen molar-refractivity contribution in [1.82, 2.24) is 4.90 Å². The molecule has 14 heavy (non-hydrogen) atoms. The molecule has 0 atom stereocenters. The Morgan fingerprint density at radius 3 is 2.79 bits per heavy atom. The predicted molar refractivity (Wildman–Crippen MR) is 57.5 cm³/mol. The number of hydrogen-bond donors (Lipinski definition) is 0. The first-order chi connectivity index (χ1) is 6.88. The van der Waals surface area contributed by atoms with Gasteiger partial charge in [0.25, 0.3) is 0 Å². The van der Waals surface area contributed by atoms with Crippen LogP contribution in [0.2, 0.25) is 0 Å². The Kier molecular flexibility index (Phi) is 3.04. The minimum atomic E-state index is 0.960. The number of rotatable bonds is 3. The van der Waals surface area contributed by atoms with Gasteiger partial charge in [-0.1, -0.05) is 12.1 Å². The molecule has 0 aliphatic carbocycles. The van der Waals surface area contributed by atoms with Gasteiger partial charge in [-0.05, 0) is 43.6 Å². The number of likely N-dealkylation sites (tertiary alicyclic amines) is 1. The smallest absolute Gasteiger partial charge is 0.119 e. The van der Waals surface area contributed by atoms with Gasteiger partial charge in [-0.3, -0.25) is 4.90 Å². The lowest BCUT2D eigenvalue weighted by Gasteiger charge is -2.14. The van der Waals surface area contributed by atoms with E-state index in [1.165, 1.54) is 31.5 Å². The molecule has 0 spiro atoms. The fourth-order valence-electron chi connectivity index (χ4n) is 1.97. The van der Waals surface area contributed by atoms with Gasteiger partial charge < -0.3 is 4.74 Å². The van der Waals surface area contributed by atoms with Gasteiger partial charge in [0.15, 0.2) is 0 Å². The Hall–Kier alpha value is -1.02. The minimum Gasteiger partial charge on any atom is -0.497 e. The molecule has 1 aliphatic rings. The van der Waals surface area contributed by atoms with E-state index in [9.17, 15) is 0 Å². The van der Waals surface area contributed by atoms with Crippen LogP contribution in [0.25, 0.3) is 0 Å². The summed E-state index contributed by atoms with van der Waals surface area (Å²) in [5, 5.41) is 0. The summed E-state index contributed by atoms with van der Waals surface area (Å²) in [7, 11) is 1.72. The van der Waals surface area contributed by atoms with Crippen LogP contribution in [0.1, 0.15) is 18.4 Å². The lowest BCUT2D eigenvalue weighted by molar-refractivity contribution is 0.330. The third kappa shape index (κ3) is 2.26. The fourth-order valence-corrected chi connectivity index (χ4v) is 1.97. The summed E-state index contributed by atoms with van der Waals surface area (Å²) in [6.07, 6.45) is 2.70. The Morgan fingerprint density at radius 2 is 2.07 bits per heavy atom. The molecule has 1 saturated heterocycles. The van der Waals surface area contributed by atoms with Crippen LogP contribution < -0.4 is 4.74 Å². The zero-order valence-corrected chi connectivity index (χ0v) is 8.70. The summed E-state index contributed by atoms with van der Waals surface area (Å²) in [5.74, 6) is 0.960. The van der Waals surface area contributed by atoms with E-state index in [1.807, 2.05) is 6.07 Å². The topological polar surface area (TPSA) is 12.5 Å². The molecular weight excluding hydrogens is 174 g/mol. The summed E-state index contributed by atoms with van der Waals surface area (Å²) in [6.45, 7) is 3.56. The molecule has 0 bridgehead atoms. The van der Waals surface area contributed by atoms with Gasteiger partial charge in [-0.25, -0.2) is 0 Å². The maximum Gasteiger partial charge on any atom is 0.119 e. The van der Waals surface area contributed by atoms with Crippen molar-refractivity contribution in [2.45, 2.75) is 19.4 Å². The highest BCUT2D eigenvalue weighted by atomic mass is 16.5. The Balaban J connectivity index is 2.00. The zero-order chi connectivity index (χ0) is 9.80. The Bertz CT molecular complexity index is 292. The van der Waals surface area contributed by atoms with Crippen molar-refractivity contribution in [3.63, 3.8) is 0 Å². The van der Waals surface area contributed by atoms with Gasteiger partial charge in [0.05, 0.1) is 7.11 Å². The van der Waals surface area contributed by atoms with Gasteiger partial charge in [0.1, 0.15) is 5.75 Å². The summed E-state index contributed by atoms with van der Waals surface area (Å²) in [5.41, 5.74) is 1.35. The van der Waals surface area contributed by atoms with E-state index in [0.29, 0.717) is 0 Å². The van der Waals surface area contributed by atoms with Crippen LogP contribution in [0.4, 0.5) is 0 Å². The number of ether oxygens (including phenoxy) is 1. The van der Waals surface area contributed by atoms with Gasteiger partial charge >= 0.3 is 0 Å². The second kappa shape index (κ2) is 4.47. The molecule has 1 aliphatic heterocycles. The largest absolute Gasteiger partial charge is 0.497 e. The van der Waals surface area contributed by atoms with Crippen LogP contribution in [-0.4, -0.2) is 25.1 Å². The Morgan fingerprint density at radius 1 is 1.29 bits per heavy atom. The lowest BCUT2D eigenvalue weighted by atomic mass is 10.2. The highest BCUT2D eigenvalue weighted by Crippen LogP contribution is 2.16. The molecule has 76 valence electrons. The average Bonchev–Trinajstić information content (AvgIpc) is 2.71. The van der Waals surface area contributed by atoms with Crippen LogP contribution in [0.15, 0.2) is 24.3 Å². The van der Waals surface area contributed by atoms with Crippen molar-refractivity contribution < 1.29 is 4.74 Å². The number of benzene rings is 1. The third-order valence-electron chi connectivity index (χ3n) is 2.74. The summed E-state index contributed by atoms with van der Waals surface area (Å²) >= 11 is 0. The van der Waals surface area contributed by atoms with Crippen molar-refractivity contribution in [1.29, 1.82) is 0 Å². The molecule has 0 aromatic heterocycles. The normalized spacial score (nSPS) is 17.2. The van der Waals surface area contributed by atoms with E-state index in [4.69, 9.17) is 4.74 Å². The Labute approximate surface area is 85.5 Å². The van der Waals surface area contributed by atoms with E-state index in [-0.39, 0.29) is 0 Å². The summed E-state index contributed by atoms with van der Waals surface area (Å²) in [6, 6.07) is 8.34. The first kappa shape index (κ1) is 9.53. The van der Waals surface area contributed by atoms with Crippen LogP contribution >= 0.6 is 0 Å². The maximum absolute atomic E-state index is 5.20. The second-order valence-corrected chi connectivity index (χ2v) is 3.83. The summed E-state index contributed by atoms with van der Waals surface area (Å²) < 4.78 is 5.20. The van der Waals surface area contributed by atoms with E-state index in [0.717, 1.165) is 12.3 Å². The van der Waals surface area contributed by atoms with Crippen LogP contribution in [0.5, 0.6) is 5.75 Å². The van der Waals surface area contributed by atoms with E-state index in [2.05, 4.69) is 23.1 Å². The average molecular weight is 191 g/mol. The molecule has 0 unspecified atom stereocenters. The molecule has 2 nitrogen and oxygen atoms in total. The molecule has 1 aromatic rings. The fraction of sp³-hybridized carbons (Fsp3) is 0.500. The first-order valence-corrected chi connectivity index (χ1v) is 5.24. The lowest BCUT2D eigenvalue weighted by Crippen LogP contribution is -2.18. The molecule has 1 fully saturated rings. The van der Waals surface area contributed by atoms with Gasteiger partial charge in [0, 0.05) is 6.54 Å². The number of nitrogens with zero attached hydrogens (tertiary/aromatic N) is 1. The monoisotopic (exact) mass is 191 g/mol. The molecule has 2 heteroatoms. The van der Waals surface area contributed by atoms with Crippen molar-refractivity contribution in [3.8, 4) is 5.75 Å². The number of methoxy groups -OCH3 is 1. The maximum atomic E-state index is 5.20. The van der Waals surface area contributed by atoms with E-state index >= 15 is 0 Å². The molecule has 0 amide bonds. The van der Waals surface area contributed by atoms with Gasteiger partial charge in [0.2, 0.25) is 0 Å². The van der Waals surface area contributed by atoms with Crippen LogP contribution in [0, 0.1) is 0 Å². The molecule has 0 N–H and O–H groups in total. The standard InChI is InChI=1S/C12H17NO/c1-14-12-6-4-5-11(9-12)10-13-7-2-3-8-13/h4-6,9H,2-3,7-8,10H2,1H3. The molecule has 1 heterocycles. The van der Waals surface area contributed by atoms with E-state index < -0.39 is 0 Å². The third-order valence-corrected chi connectivity index (χ3v) is 2.74. The zero-order valence-electron chi connectivity index (χ0n) is 8.70. The summed E-state index contributed by atoms with van der Waals surface area (Å²) in [4.78, 5) is 2.49. The number of hydrogen-bond acceptors (Lipinski definition) is 2. The van der Waals surface area contributed by atoms with Crippen LogP contribution in [0.3, 0.4) is 0 Å². The molecular formula is C12H17NO. The molecule has 0 radical (unpaired) electrons. The van der Waals surface area contributed by atoms with Crippen molar-refractivity contribution in [2.24, 2.45) is 0 Å². The minimum absolute atomic E-state index is 0.960. The highest BCUT2D eigenvalue weighted by molar-refractivity contribution is 5.28. The molecule has 2 rings (SSSR count). The van der Waals surface area contributed by atoms with E-state index in [1.54, 1.807) is 7.11 Å². The van der Waals surface area contributed by atoms with Gasteiger partial charge in [-0.2, -0.15) is 0 Å². The SMILES string of the molecule is COc1cccc(CN2CCCC2)c1. The first-order valence-electron chi connectivity index (χ1n) is 5.24. The van der Waals surface area contributed by atoms with Gasteiger partial charge in [-0.15, -0.1) is 0 Å². The predicted octanol–water partition coefficient (Wildman–Crippen LogP) is 2.29. The molecule has 1 aromatic carbocycles. The van der Waals surface area contributed by atoms with Crippen molar-refractivity contribution in [3.05, 3.63) is 29.8 Å². The quantitative estimate of drug-likeness (QED) is 0.727. The second-order valence-electron chi connectivity index (χ2n) is 3.83. The molecule has 0 saturated carbocycles. The van der Waals surface area contributed by atoms with Crippen LogP contribution in [-0.2, 0) is 6.54 Å². The van der Waals surface area contributed by atoms with Crippen molar-refractivity contribution in [2.75, 3.05) is 20.2 Å².